The molecule has 2 rings (SSSR count). The Bertz CT molecular complexity index is 552. The molecule has 2 aromatic carbocycles. The topological polar surface area (TPSA) is 20.2 Å². The van der Waals surface area contributed by atoms with Crippen LogP contribution in [0.25, 0.3) is 0 Å². The quantitative estimate of drug-likeness (QED) is 0.670. The molecule has 0 amide bonds. The highest BCUT2D eigenvalue weighted by Crippen LogP contribution is 2.22. The number of rotatable bonds is 3. The number of thioether (sulfide) groups is 1. The van der Waals surface area contributed by atoms with Gasteiger partial charge in [-0.1, -0.05) is 42.2 Å². The molecule has 0 saturated heterocycles. The molecule has 2 heteroatoms. The maximum Gasteiger partial charge on any atom is 0.104 e. The fraction of sp³-hybridized carbons (Fsp3) is 0.125. The molecule has 1 nitrogen and oxygen atoms in total. The summed E-state index contributed by atoms with van der Waals surface area (Å²) in [5.74, 6) is 6.52. The van der Waals surface area contributed by atoms with Crippen molar-refractivity contribution in [1.82, 2.24) is 0 Å². The molecule has 0 fully saturated rings. The lowest BCUT2D eigenvalue weighted by atomic mass is 10.1. The molecule has 0 unspecified atom stereocenters. The summed E-state index contributed by atoms with van der Waals surface area (Å²) in [6.07, 6.45) is 0. The van der Waals surface area contributed by atoms with E-state index < -0.39 is 0 Å². The second-order valence-electron chi connectivity index (χ2n) is 3.76. The van der Waals surface area contributed by atoms with E-state index in [1.54, 1.807) is 0 Å². The Morgan fingerprint density at radius 3 is 2.61 bits per heavy atom. The van der Waals surface area contributed by atoms with Crippen LogP contribution in [-0.4, -0.2) is 11.7 Å². The van der Waals surface area contributed by atoms with Crippen molar-refractivity contribution in [2.24, 2.45) is 0 Å². The van der Waals surface area contributed by atoms with E-state index in [2.05, 4.69) is 36.1 Å². The van der Waals surface area contributed by atoms with Crippen LogP contribution < -0.4 is 0 Å². The van der Waals surface area contributed by atoms with Crippen LogP contribution in [0.2, 0.25) is 0 Å². The van der Waals surface area contributed by atoms with Gasteiger partial charge in [0.2, 0.25) is 0 Å². The minimum absolute atomic E-state index is 0.0943. The molecule has 18 heavy (non-hydrogen) atoms. The van der Waals surface area contributed by atoms with Crippen LogP contribution >= 0.6 is 11.8 Å². The Labute approximate surface area is 112 Å². The first-order valence-electron chi connectivity index (χ1n) is 5.75. The molecule has 0 aliphatic rings. The number of aliphatic hydroxyl groups excluding tert-OH is 1. The number of hydrogen-bond donors (Lipinski definition) is 1. The molecule has 0 aliphatic heterocycles. The smallest absolute Gasteiger partial charge is 0.104 e. The summed E-state index contributed by atoms with van der Waals surface area (Å²) in [4.78, 5) is 1.27. The van der Waals surface area contributed by atoms with E-state index in [-0.39, 0.29) is 6.61 Å². The number of benzene rings is 2. The van der Waals surface area contributed by atoms with Crippen molar-refractivity contribution in [1.29, 1.82) is 0 Å². The van der Waals surface area contributed by atoms with Crippen molar-refractivity contribution in [2.45, 2.75) is 10.6 Å². The first-order chi connectivity index (χ1) is 8.88. The van der Waals surface area contributed by atoms with E-state index in [0.29, 0.717) is 0 Å². The van der Waals surface area contributed by atoms with Crippen molar-refractivity contribution in [3.8, 4) is 11.8 Å². The third-order valence-electron chi connectivity index (χ3n) is 2.39. The number of aliphatic hydroxyl groups is 1. The molecule has 90 valence electrons. The first-order valence-corrected chi connectivity index (χ1v) is 6.73. The molecule has 1 N–H and O–H groups in total. The highest BCUT2D eigenvalue weighted by Gasteiger charge is 1.96. The van der Waals surface area contributed by atoms with Gasteiger partial charge in [0.25, 0.3) is 0 Å². The average Bonchev–Trinajstić information content (AvgIpc) is 2.44. The van der Waals surface area contributed by atoms with Crippen LogP contribution in [0.3, 0.4) is 0 Å². The molecule has 0 heterocycles. The van der Waals surface area contributed by atoms with Gasteiger partial charge in [0.1, 0.15) is 6.61 Å². The molecule has 0 radical (unpaired) electrons. The zero-order chi connectivity index (χ0) is 12.6. The maximum atomic E-state index is 8.67. The Morgan fingerprint density at radius 2 is 1.83 bits per heavy atom. The summed E-state index contributed by atoms with van der Waals surface area (Å²) < 4.78 is 0. The Kier molecular flexibility index (Phi) is 4.89. The molecule has 0 bridgehead atoms. The number of hydrogen-bond acceptors (Lipinski definition) is 2. The Morgan fingerprint density at radius 1 is 1.00 bits per heavy atom. The van der Waals surface area contributed by atoms with Crippen LogP contribution in [0.5, 0.6) is 0 Å². The van der Waals surface area contributed by atoms with Crippen molar-refractivity contribution in [3.63, 3.8) is 0 Å². The zero-order valence-corrected chi connectivity index (χ0v) is 10.8. The fourth-order valence-corrected chi connectivity index (χ4v) is 2.43. The van der Waals surface area contributed by atoms with Crippen LogP contribution in [-0.2, 0) is 5.75 Å². The average molecular weight is 254 g/mol. The van der Waals surface area contributed by atoms with Gasteiger partial charge in [0.15, 0.2) is 0 Å². The molecular formula is C16H14OS. The van der Waals surface area contributed by atoms with Crippen molar-refractivity contribution in [3.05, 3.63) is 65.7 Å². The van der Waals surface area contributed by atoms with Gasteiger partial charge in [-0.15, -0.1) is 11.8 Å². The second-order valence-corrected chi connectivity index (χ2v) is 4.81. The monoisotopic (exact) mass is 254 g/mol. The molecule has 0 spiro atoms. The van der Waals surface area contributed by atoms with Gasteiger partial charge >= 0.3 is 0 Å². The van der Waals surface area contributed by atoms with E-state index in [0.717, 1.165) is 11.3 Å². The third-order valence-corrected chi connectivity index (χ3v) is 3.47. The predicted octanol–water partition coefficient (Wildman–Crippen LogP) is 3.32. The predicted molar refractivity (Wildman–Crippen MR) is 76.4 cm³/mol. The second kappa shape index (κ2) is 6.90. The van der Waals surface area contributed by atoms with Crippen LogP contribution in [0, 0.1) is 11.8 Å². The normalized spacial score (nSPS) is 9.61. The van der Waals surface area contributed by atoms with Gasteiger partial charge in [-0.3, -0.25) is 0 Å². The Hall–Kier alpha value is -1.69. The third kappa shape index (κ3) is 3.96. The first kappa shape index (κ1) is 12.8. The lowest BCUT2D eigenvalue weighted by molar-refractivity contribution is 0.350. The Balaban J connectivity index is 2.01. The van der Waals surface area contributed by atoms with Crippen molar-refractivity contribution >= 4 is 11.8 Å². The molecular weight excluding hydrogens is 240 g/mol. The van der Waals surface area contributed by atoms with E-state index in [1.807, 2.05) is 42.1 Å². The zero-order valence-electron chi connectivity index (χ0n) is 9.97. The van der Waals surface area contributed by atoms with Gasteiger partial charge < -0.3 is 5.11 Å². The van der Waals surface area contributed by atoms with Gasteiger partial charge in [-0.2, -0.15) is 0 Å². The largest absolute Gasteiger partial charge is 0.384 e. The summed E-state index contributed by atoms with van der Waals surface area (Å²) >= 11 is 1.81. The minimum Gasteiger partial charge on any atom is -0.384 e. The minimum atomic E-state index is -0.0943. The summed E-state index contributed by atoms with van der Waals surface area (Å²) in [7, 11) is 0. The van der Waals surface area contributed by atoms with E-state index in [4.69, 9.17) is 5.11 Å². The van der Waals surface area contributed by atoms with Crippen LogP contribution in [0.1, 0.15) is 11.1 Å². The standard InChI is InChI=1S/C16H14OS/c17-11-5-8-14-6-4-7-15(12-14)13-18-16-9-2-1-3-10-16/h1-4,6-7,9-10,12,17H,11,13H2. The SMILES string of the molecule is OCC#Cc1cccc(CSc2ccccc2)c1. The van der Waals surface area contributed by atoms with Crippen LogP contribution in [0.15, 0.2) is 59.5 Å². The van der Waals surface area contributed by atoms with Gasteiger partial charge in [-0.25, -0.2) is 0 Å². The van der Waals surface area contributed by atoms with E-state index in [1.165, 1.54) is 10.5 Å². The summed E-state index contributed by atoms with van der Waals surface area (Å²) in [6.45, 7) is -0.0943. The lowest BCUT2D eigenvalue weighted by Gasteiger charge is -2.02. The summed E-state index contributed by atoms with van der Waals surface area (Å²) in [6, 6.07) is 18.5. The fourth-order valence-electron chi connectivity index (χ4n) is 1.56. The van der Waals surface area contributed by atoms with Crippen molar-refractivity contribution < 1.29 is 5.11 Å². The molecule has 0 aromatic heterocycles. The van der Waals surface area contributed by atoms with Gasteiger partial charge in [-0.05, 0) is 29.8 Å². The molecule has 0 atom stereocenters. The molecule has 0 aliphatic carbocycles. The van der Waals surface area contributed by atoms with E-state index >= 15 is 0 Å². The summed E-state index contributed by atoms with van der Waals surface area (Å²) in [5.41, 5.74) is 2.20. The van der Waals surface area contributed by atoms with E-state index in [9.17, 15) is 0 Å². The van der Waals surface area contributed by atoms with Crippen LogP contribution in [0.4, 0.5) is 0 Å². The summed E-state index contributed by atoms with van der Waals surface area (Å²) in [5, 5.41) is 8.67. The highest BCUT2D eigenvalue weighted by atomic mass is 32.2. The van der Waals surface area contributed by atoms with Crippen molar-refractivity contribution in [2.75, 3.05) is 6.61 Å². The van der Waals surface area contributed by atoms with Gasteiger partial charge in [0.05, 0.1) is 0 Å². The highest BCUT2D eigenvalue weighted by molar-refractivity contribution is 7.98. The maximum absolute atomic E-state index is 8.67. The molecule has 2 aromatic rings. The van der Waals surface area contributed by atoms with Gasteiger partial charge in [0, 0.05) is 16.2 Å². The molecule has 0 saturated carbocycles. The lowest BCUT2D eigenvalue weighted by Crippen LogP contribution is -1.83.